The summed E-state index contributed by atoms with van der Waals surface area (Å²) in [4.78, 5) is 0. The molecule has 3 atom stereocenters. The Bertz CT molecular complexity index is 443. The zero-order valence-corrected chi connectivity index (χ0v) is 14.1. The first-order valence-corrected chi connectivity index (χ1v) is 8.64. The molecule has 1 aliphatic rings. The zero-order chi connectivity index (χ0) is 15.2. The molecular formula is C19H31NO. The van der Waals surface area contributed by atoms with Crippen LogP contribution in [0.5, 0.6) is 5.75 Å². The lowest BCUT2D eigenvalue weighted by Crippen LogP contribution is -2.26. The van der Waals surface area contributed by atoms with Gasteiger partial charge in [-0.2, -0.15) is 0 Å². The van der Waals surface area contributed by atoms with Gasteiger partial charge >= 0.3 is 0 Å². The summed E-state index contributed by atoms with van der Waals surface area (Å²) in [6, 6.07) is 6.93. The number of benzene rings is 1. The molecule has 3 unspecified atom stereocenters. The number of hydrogen-bond donors (Lipinski definition) is 1. The summed E-state index contributed by atoms with van der Waals surface area (Å²) in [5.41, 5.74) is 2.60. The van der Waals surface area contributed by atoms with Gasteiger partial charge in [-0.25, -0.2) is 0 Å². The lowest BCUT2D eigenvalue weighted by molar-refractivity contribution is 0.120. The van der Waals surface area contributed by atoms with Crippen molar-refractivity contribution in [1.82, 2.24) is 5.32 Å². The smallest absolute Gasteiger partial charge is 0.124 e. The van der Waals surface area contributed by atoms with Crippen molar-refractivity contribution in [2.75, 3.05) is 6.54 Å². The van der Waals surface area contributed by atoms with Crippen LogP contribution in [0.1, 0.15) is 70.0 Å². The van der Waals surface area contributed by atoms with Crippen LogP contribution >= 0.6 is 0 Å². The van der Waals surface area contributed by atoms with Crippen LogP contribution in [-0.4, -0.2) is 12.6 Å². The number of aryl methyl sites for hydroxylation is 1. The number of rotatable bonds is 6. The van der Waals surface area contributed by atoms with Crippen molar-refractivity contribution < 1.29 is 4.74 Å². The summed E-state index contributed by atoms with van der Waals surface area (Å²) in [6.45, 7) is 9.81. The van der Waals surface area contributed by atoms with E-state index in [1.54, 1.807) is 0 Å². The Labute approximate surface area is 130 Å². The van der Waals surface area contributed by atoms with Crippen LogP contribution in [0.25, 0.3) is 0 Å². The maximum absolute atomic E-state index is 6.40. The van der Waals surface area contributed by atoms with Crippen LogP contribution in [0.2, 0.25) is 0 Å². The SMILES string of the molecule is CCNC(C)c1cc(C)ccc1OC1CCCC(CC)C1. The van der Waals surface area contributed by atoms with Crippen molar-refractivity contribution in [3.8, 4) is 5.75 Å². The molecule has 0 amide bonds. The van der Waals surface area contributed by atoms with Gasteiger partial charge in [0.15, 0.2) is 0 Å². The maximum atomic E-state index is 6.40. The summed E-state index contributed by atoms with van der Waals surface area (Å²) in [5.74, 6) is 1.93. The van der Waals surface area contributed by atoms with Crippen LogP contribution < -0.4 is 10.1 Å². The highest BCUT2D eigenvalue weighted by Crippen LogP contribution is 2.33. The van der Waals surface area contributed by atoms with Gasteiger partial charge in [-0.3, -0.25) is 0 Å². The topological polar surface area (TPSA) is 21.3 Å². The fraction of sp³-hybridized carbons (Fsp3) is 0.684. The van der Waals surface area contributed by atoms with Gasteiger partial charge in [-0.05, 0) is 51.6 Å². The molecule has 1 aromatic rings. The third kappa shape index (κ3) is 4.47. The minimum Gasteiger partial charge on any atom is -0.490 e. The van der Waals surface area contributed by atoms with Crippen molar-refractivity contribution in [2.45, 2.75) is 71.9 Å². The molecule has 2 nitrogen and oxygen atoms in total. The molecule has 1 N–H and O–H groups in total. The number of ether oxygens (including phenoxy) is 1. The Morgan fingerprint density at radius 3 is 2.81 bits per heavy atom. The van der Waals surface area contributed by atoms with Gasteiger partial charge in [0.2, 0.25) is 0 Å². The second-order valence-electron chi connectivity index (χ2n) is 6.50. The number of hydrogen-bond acceptors (Lipinski definition) is 2. The summed E-state index contributed by atoms with van der Waals surface area (Å²) in [6.07, 6.45) is 6.81. The van der Waals surface area contributed by atoms with Gasteiger partial charge in [0.25, 0.3) is 0 Å². The van der Waals surface area contributed by atoms with E-state index in [1.165, 1.54) is 43.2 Å². The third-order valence-electron chi connectivity index (χ3n) is 4.75. The maximum Gasteiger partial charge on any atom is 0.124 e. The Hall–Kier alpha value is -1.02. The molecule has 1 aliphatic carbocycles. The molecule has 118 valence electrons. The molecular weight excluding hydrogens is 258 g/mol. The molecule has 0 aromatic heterocycles. The van der Waals surface area contributed by atoms with E-state index >= 15 is 0 Å². The van der Waals surface area contributed by atoms with E-state index in [1.807, 2.05) is 0 Å². The molecule has 21 heavy (non-hydrogen) atoms. The van der Waals surface area contributed by atoms with Crippen LogP contribution in [-0.2, 0) is 0 Å². The molecule has 1 saturated carbocycles. The van der Waals surface area contributed by atoms with Gasteiger partial charge in [-0.15, -0.1) is 0 Å². The van der Waals surface area contributed by atoms with Crippen LogP contribution in [0.15, 0.2) is 18.2 Å². The lowest BCUT2D eigenvalue weighted by atomic mass is 9.85. The van der Waals surface area contributed by atoms with Gasteiger partial charge in [0, 0.05) is 11.6 Å². The Morgan fingerprint density at radius 1 is 1.29 bits per heavy atom. The van der Waals surface area contributed by atoms with Crippen molar-refractivity contribution in [1.29, 1.82) is 0 Å². The Balaban J connectivity index is 2.11. The predicted octanol–water partition coefficient (Wildman–Crippen LogP) is 5.01. The molecule has 0 aliphatic heterocycles. The molecule has 2 rings (SSSR count). The van der Waals surface area contributed by atoms with Crippen molar-refractivity contribution in [3.63, 3.8) is 0 Å². The summed E-state index contributed by atoms with van der Waals surface area (Å²) < 4.78 is 6.40. The Morgan fingerprint density at radius 2 is 2.10 bits per heavy atom. The minimum absolute atomic E-state index is 0.343. The first-order chi connectivity index (χ1) is 10.1. The highest BCUT2D eigenvalue weighted by atomic mass is 16.5. The van der Waals surface area contributed by atoms with E-state index in [4.69, 9.17) is 4.74 Å². The fourth-order valence-corrected chi connectivity index (χ4v) is 3.43. The summed E-state index contributed by atoms with van der Waals surface area (Å²) in [5, 5.41) is 3.51. The quantitative estimate of drug-likeness (QED) is 0.794. The Kier molecular flexibility index (Phi) is 6.10. The zero-order valence-electron chi connectivity index (χ0n) is 14.1. The number of nitrogens with one attached hydrogen (secondary N) is 1. The highest BCUT2D eigenvalue weighted by molar-refractivity contribution is 5.39. The standard InChI is InChI=1S/C19H31NO/c1-5-16-8-7-9-17(13-16)21-19-11-10-14(3)12-18(19)15(4)20-6-2/h10-12,15-17,20H,5-9,13H2,1-4H3. The first kappa shape index (κ1) is 16.4. The molecule has 0 spiro atoms. The lowest BCUT2D eigenvalue weighted by Gasteiger charge is -2.30. The molecule has 2 heteroatoms. The summed E-state index contributed by atoms with van der Waals surface area (Å²) in [7, 11) is 0. The monoisotopic (exact) mass is 289 g/mol. The average molecular weight is 289 g/mol. The van der Waals surface area contributed by atoms with Crippen LogP contribution in [0.4, 0.5) is 0 Å². The fourth-order valence-electron chi connectivity index (χ4n) is 3.43. The normalized spacial score (nSPS) is 23.8. The molecule has 1 fully saturated rings. The molecule has 0 radical (unpaired) electrons. The van der Waals surface area contributed by atoms with E-state index in [9.17, 15) is 0 Å². The molecule has 0 saturated heterocycles. The second kappa shape index (κ2) is 7.84. The largest absolute Gasteiger partial charge is 0.490 e. The van der Waals surface area contributed by atoms with Crippen LogP contribution in [0, 0.1) is 12.8 Å². The van der Waals surface area contributed by atoms with Gasteiger partial charge in [-0.1, -0.05) is 44.4 Å². The van der Waals surface area contributed by atoms with Crippen molar-refractivity contribution in [2.24, 2.45) is 5.92 Å². The van der Waals surface area contributed by atoms with E-state index in [0.29, 0.717) is 12.1 Å². The van der Waals surface area contributed by atoms with E-state index < -0.39 is 0 Å². The first-order valence-electron chi connectivity index (χ1n) is 8.64. The summed E-state index contributed by atoms with van der Waals surface area (Å²) >= 11 is 0. The average Bonchev–Trinajstić information content (AvgIpc) is 2.49. The van der Waals surface area contributed by atoms with E-state index in [0.717, 1.165) is 18.2 Å². The van der Waals surface area contributed by atoms with E-state index in [2.05, 4.69) is 51.2 Å². The van der Waals surface area contributed by atoms with Crippen molar-refractivity contribution in [3.05, 3.63) is 29.3 Å². The highest BCUT2D eigenvalue weighted by Gasteiger charge is 2.23. The third-order valence-corrected chi connectivity index (χ3v) is 4.75. The second-order valence-corrected chi connectivity index (χ2v) is 6.50. The van der Waals surface area contributed by atoms with Gasteiger partial charge < -0.3 is 10.1 Å². The van der Waals surface area contributed by atoms with E-state index in [-0.39, 0.29) is 0 Å². The van der Waals surface area contributed by atoms with Gasteiger partial charge in [0.05, 0.1) is 6.10 Å². The minimum atomic E-state index is 0.343. The van der Waals surface area contributed by atoms with Gasteiger partial charge in [0.1, 0.15) is 5.75 Å². The van der Waals surface area contributed by atoms with Crippen LogP contribution in [0.3, 0.4) is 0 Å². The predicted molar refractivity (Wildman–Crippen MR) is 89.9 cm³/mol. The molecule has 1 aromatic carbocycles. The molecule has 0 heterocycles. The molecule has 0 bridgehead atoms. The van der Waals surface area contributed by atoms with Crippen molar-refractivity contribution >= 4 is 0 Å².